The van der Waals surface area contributed by atoms with Gasteiger partial charge in [-0.2, -0.15) is 4.98 Å². The molecule has 2 amide bonds. The Bertz CT molecular complexity index is 562. The Hall–Kier alpha value is -2.09. The van der Waals surface area contributed by atoms with Crippen molar-refractivity contribution in [3.05, 3.63) is 12.4 Å². The van der Waals surface area contributed by atoms with Crippen molar-refractivity contribution in [3.63, 3.8) is 0 Å². The fourth-order valence-electron chi connectivity index (χ4n) is 3.06. The lowest BCUT2D eigenvalue weighted by atomic mass is 10.1. The van der Waals surface area contributed by atoms with Crippen molar-refractivity contribution in [2.24, 2.45) is 0 Å². The fraction of sp³-hybridized carbons (Fsp3) is 0.688. The summed E-state index contributed by atoms with van der Waals surface area (Å²) in [5.41, 5.74) is 0. The molecule has 0 N–H and O–H groups in total. The topological polar surface area (TPSA) is 71.0 Å². The summed E-state index contributed by atoms with van der Waals surface area (Å²) in [6.45, 7) is 4.81. The van der Waals surface area contributed by atoms with E-state index in [9.17, 15) is 4.79 Å². The Morgan fingerprint density at radius 3 is 2.62 bits per heavy atom. The van der Waals surface area contributed by atoms with Gasteiger partial charge >= 0.3 is 6.03 Å². The SMILES string of the molecule is COc1cncc(O[C@@H]2CCCN(C(=O)N3CCN(C)CC3)C2)n1. The zero-order chi connectivity index (χ0) is 16.9. The minimum Gasteiger partial charge on any atom is -0.480 e. The number of carbonyl (C=O) groups is 1. The molecule has 1 aromatic rings. The van der Waals surface area contributed by atoms with Gasteiger partial charge in [-0.3, -0.25) is 4.98 Å². The van der Waals surface area contributed by atoms with Crippen LogP contribution in [0.1, 0.15) is 12.8 Å². The van der Waals surface area contributed by atoms with Gasteiger partial charge in [0.2, 0.25) is 11.8 Å². The van der Waals surface area contributed by atoms with Crippen LogP contribution in [0.2, 0.25) is 0 Å². The number of aromatic nitrogens is 2. The number of nitrogens with zero attached hydrogens (tertiary/aromatic N) is 5. The number of piperazine rings is 1. The molecule has 8 heteroatoms. The number of rotatable bonds is 3. The first-order valence-electron chi connectivity index (χ1n) is 8.41. The molecule has 0 unspecified atom stereocenters. The van der Waals surface area contributed by atoms with Crippen molar-refractivity contribution in [2.45, 2.75) is 18.9 Å². The third-order valence-corrected chi connectivity index (χ3v) is 4.51. The number of ether oxygens (including phenoxy) is 2. The summed E-state index contributed by atoms with van der Waals surface area (Å²) in [7, 11) is 3.63. The minimum absolute atomic E-state index is 0.0587. The summed E-state index contributed by atoms with van der Waals surface area (Å²) in [4.78, 5) is 27.0. The molecule has 2 aliphatic heterocycles. The second-order valence-electron chi connectivity index (χ2n) is 6.30. The third kappa shape index (κ3) is 4.05. The van der Waals surface area contributed by atoms with Crippen molar-refractivity contribution in [2.75, 3.05) is 53.4 Å². The normalized spacial score (nSPS) is 22.3. The van der Waals surface area contributed by atoms with E-state index in [0.29, 0.717) is 18.3 Å². The molecule has 24 heavy (non-hydrogen) atoms. The molecule has 0 saturated carbocycles. The number of amides is 2. The van der Waals surface area contributed by atoms with Crippen LogP contribution in [0.5, 0.6) is 11.8 Å². The van der Waals surface area contributed by atoms with E-state index in [4.69, 9.17) is 9.47 Å². The molecule has 0 aromatic carbocycles. The van der Waals surface area contributed by atoms with Crippen LogP contribution in [-0.4, -0.2) is 90.2 Å². The first-order valence-corrected chi connectivity index (χ1v) is 8.41. The zero-order valence-electron chi connectivity index (χ0n) is 14.3. The van der Waals surface area contributed by atoms with E-state index in [1.165, 1.54) is 6.20 Å². The van der Waals surface area contributed by atoms with Crippen LogP contribution in [0.25, 0.3) is 0 Å². The molecule has 2 saturated heterocycles. The molecule has 132 valence electrons. The number of likely N-dealkylation sites (tertiary alicyclic amines) is 1. The van der Waals surface area contributed by atoms with E-state index < -0.39 is 0 Å². The number of piperidine rings is 1. The molecule has 3 heterocycles. The van der Waals surface area contributed by atoms with E-state index in [0.717, 1.165) is 45.6 Å². The van der Waals surface area contributed by atoms with Gasteiger partial charge in [0.1, 0.15) is 6.10 Å². The average molecular weight is 335 g/mol. The molecular weight excluding hydrogens is 310 g/mol. The number of hydrogen-bond acceptors (Lipinski definition) is 6. The highest BCUT2D eigenvalue weighted by molar-refractivity contribution is 5.74. The van der Waals surface area contributed by atoms with Crippen LogP contribution in [0.15, 0.2) is 12.4 Å². The van der Waals surface area contributed by atoms with Crippen molar-refractivity contribution >= 4 is 6.03 Å². The molecule has 2 fully saturated rings. The Kier molecular flexibility index (Phi) is 5.34. The van der Waals surface area contributed by atoms with Crippen molar-refractivity contribution < 1.29 is 14.3 Å². The minimum atomic E-state index is -0.0587. The molecule has 3 rings (SSSR count). The largest absolute Gasteiger partial charge is 0.480 e. The van der Waals surface area contributed by atoms with Gasteiger partial charge in [-0.25, -0.2) is 4.79 Å². The molecule has 0 bridgehead atoms. The lowest BCUT2D eigenvalue weighted by Crippen LogP contribution is -2.54. The Morgan fingerprint density at radius 2 is 1.88 bits per heavy atom. The molecule has 0 aliphatic carbocycles. The molecule has 1 aromatic heterocycles. The summed E-state index contributed by atoms with van der Waals surface area (Å²) >= 11 is 0. The zero-order valence-corrected chi connectivity index (χ0v) is 14.3. The maximum absolute atomic E-state index is 12.7. The number of hydrogen-bond donors (Lipinski definition) is 0. The first kappa shape index (κ1) is 16.8. The van der Waals surface area contributed by atoms with Crippen LogP contribution in [-0.2, 0) is 0 Å². The second-order valence-corrected chi connectivity index (χ2v) is 6.30. The molecule has 0 spiro atoms. The van der Waals surface area contributed by atoms with Crippen molar-refractivity contribution in [1.82, 2.24) is 24.7 Å². The van der Waals surface area contributed by atoms with Gasteiger partial charge in [-0.15, -0.1) is 0 Å². The molecule has 8 nitrogen and oxygen atoms in total. The van der Waals surface area contributed by atoms with Crippen LogP contribution in [0.3, 0.4) is 0 Å². The predicted molar refractivity (Wildman–Crippen MR) is 88.3 cm³/mol. The van der Waals surface area contributed by atoms with Gasteiger partial charge in [-0.1, -0.05) is 0 Å². The highest BCUT2D eigenvalue weighted by Gasteiger charge is 2.29. The molecule has 0 radical (unpaired) electrons. The van der Waals surface area contributed by atoms with E-state index >= 15 is 0 Å². The lowest BCUT2D eigenvalue weighted by Gasteiger charge is -2.39. The fourth-order valence-corrected chi connectivity index (χ4v) is 3.06. The van der Waals surface area contributed by atoms with Gasteiger partial charge in [-0.05, 0) is 19.9 Å². The van der Waals surface area contributed by atoms with Gasteiger partial charge in [0.05, 0.1) is 26.0 Å². The second kappa shape index (κ2) is 7.65. The Balaban J connectivity index is 1.56. The standard InChI is InChI=1S/C16H25N5O3/c1-19-6-8-20(9-7-19)16(22)21-5-3-4-13(12-21)24-15-11-17-10-14(18-15)23-2/h10-11,13H,3-9,12H2,1-2H3/t13-/m1/s1. The van der Waals surface area contributed by atoms with Gasteiger partial charge < -0.3 is 24.2 Å². The number of carbonyl (C=O) groups excluding carboxylic acids is 1. The number of methoxy groups -OCH3 is 1. The average Bonchev–Trinajstić information content (AvgIpc) is 2.62. The smallest absolute Gasteiger partial charge is 0.320 e. The van der Waals surface area contributed by atoms with Crippen LogP contribution in [0.4, 0.5) is 4.79 Å². The Morgan fingerprint density at radius 1 is 1.12 bits per heavy atom. The number of likely N-dealkylation sites (N-methyl/N-ethyl adjacent to an activating group) is 1. The van der Waals surface area contributed by atoms with E-state index in [-0.39, 0.29) is 12.1 Å². The van der Waals surface area contributed by atoms with Crippen LogP contribution >= 0.6 is 0 Å². The monoisotopic (exact) mass is 335 g/mol. The van der Waals surface area contributed by atoms with Gasteiger partial charge in [0.15, 0.2) is 0 Å². The van der Waals surface area contributed by atoms with Crippen molar-refractivity contribution in [3.8, 4) is 11.8 Å². The molecular formula is C16H25N5O3. The lowest BCUT2D eigenvalue weighted by molar-refractivity contribution is 0.0726. The summed E-state index contributed by atoms with van der Waals surface area (Å²) in [6, 6.07) is 0.119. The maximum atomic E-state index is 12.7. The van der Waals surface area contributed by atoms with E-state index in [2.05, 4.69) is 21.9 Å². The molecule has 1 atom stereocenters. The summed E-state index contributed by atoms with van der Waals surface area (Å²) in [6.07, 6.45) is 4.89. The van der Waals surface area contributed by atoms with E-state index in [1.54, 1.807) is 13.3 Å². The quantitative estimate of drug-likeness (QED) is 0.810. The third-order valence-electron chi connectivity index (χ3n) is 4.51. The van der Waals surface area contributed by atoms with Gasteiger partial charge in [0.25, 0.3) is 0 Å². The highest BCUT2D eigenvalue weighted by atomic mass is 16.5. The van der Waals surface area contributed by atoms with Crippen molar-refractivity contribution in [1.29, 1.82) is 0 Å². The van der Waals surface area contributed by atoms with Crippen LogP contribution in [0, 0.1) is 0 Å². The number of urea groups is 1. The molecule has 2 aliphatic rings. The summed E-state index contributed by atoms with van der Waals surface area (Å²) in [5.74, 6) is 0.863. The predicted octanol–water partition coefficient (Wildman–Crippen LogP) is 0.696. The van der Waals surface area contributed by atoms with E-state index in [1.807, 2.05) is 9.80 Å². The summed E-state index contributed by atoms with van der Waals surface area (Å²) in [5, 5.41) is 0. The first-order chi connectivity index (χ1) is 11.7. The van der Waals surface area contributed by atoms with Crippen LogP contribution < -0.4 is 9.47 Å². The summed E-state index contributed by atoms with van der Waals surface area (Å²) < 4.78 is 11.0. The maximum Gasteiger partial charge on any atom is 0.320 e. The van der Waals surface area contributed by atoms with Gasteiger partial charge in [0, 0.05) is 32.7 Å². The highest BCUT2D eigenvalue weighted by Crippen LogP contribution is 2.19. The Labute approximate surface area is 142 Å².